The summed E-state index contributed by atoms with van der Waals surface area (Å²) >= 11 is 0. The van der Waals surface area contributed by atoms with Gasteiger partial charge in [0.25, 0.3) is 5.91 Å². The maximum absolute atomic E-state index is 13.0. The molecule has 1 heterocycles. The summed E-state index contributed by atoms with van der Waals surface area (Å²) in [4.78, 5) is 30.3. The molecule has 0 spiro atoms. The number of hydrogen-bond acceptors (Lipinski definition) is 2. The third-order valence-corrected chi connectivity index (χ3v) is 4.94. The number of nitrogens with one attached hydrogen (secondary N) is 1. The Morgan fingerprint density at radius 3 is 2.62 bits per heavy atom. The van der Waals surface area contributed by atoms with Gasteiger partial charge in [0.15, 0.2) is 5.78 Å². The van der Waals surface area contributed by atoms with Gasteiger partial charge in [-0.3, -0.25) is 9.59 Å². The predicted octanol–water partition coefficient (Wildman–Crippen LogP) is 3.81. The molecule has 1 aromatic carbocycles. The second-order valence-corrected chi connectivity index (χ2v) is 6.50. The lowest BCUT2D eigenvalue weighted by Crippen LogP contribution is -2.31. The van der Waals surface area contributed by atoms with E-state index in [-0.39, 0.29) is 11.7 Å². The van der Waals surface area contributed by atoms with Crippen LogP contribution in [0.4, 0.5) is 0 Å². The molecule has 1 amide bonds. The molecule has 0 aliphatic heterocycles. The van der Waals surface area contributed by atoms with E-state index in [2.05, 4.69) is 24.0 Å². The summed E-state index contributed by atoms with van der Waals surface area (Å²) in [5.74, 6) is 0.131. The molecule has 4 nitrogen and oxygen atoms in total. The molecule has 24 heavy (non-hydrogen) atoms. The van der Waals surface area contributed by atoms with E-state index in [1.54, 1.807) is 0 Å². The molecule has 0 atom stereocenters. The average Bonchev–Trinajstić information content (AvgIpc) is 2.92. The molecule has 0 bridgehead atoms. The molecule has 0 radical (unpaired) electrons. The number of amides is 1. The third kappa shape index (κ3) is 2.88. The van der Waals surface area contributed by atoms with Crippen LogP contribution in [0.3, 0.4) is 0 Å². The number of carbonyl (C=O) groups excluding carboxylic acids is 2. The van der Waals surface area contributed by atoms with Crippen molar-refractivity contribution in [1.29, 1.82) is 0 Å². The minimum absolute atomic E-state index is 0.0274. The SMILES string of the molecule is CCN(Cc1ccccc1C)C(=O)c1[nH]c2c(c1C)C(=O)CCC2. The summed E-state index contributed by atoms with van der Waals surface area (Å²) in [6.45, 7) is 7.14. The van der Waals surface area contributed by atoms with Gasteiger partial charge >= 0.3 is 0 Å². The average molecular weight is 324 g/mol. The van der Waals surface area contributed by atoms with E-state index in [1.807, 2.05) is 30.9 Å². The number of aromatic amines is 1. The number of ketones is 1. The van der Waals surface area contributed by atoms with E-state index in [4.69, 9.17) is 0 Å². The summed E-state index contributed by atoms with van der Waals surface area (Å²) in [5, 5.41) is 0. The van der Waals surface area contributed by atoms with Crippen LogP contribution in [0, 0.1) is 13.8 Å². The number of aryl methyl sites for hydroxylation is 2. The molecule has 1 aliphatic rings. The highest BCUT2D eigenvalue weighted by atomic mass is 16.2. The van der Waals surface area contributed by atoms with Crippen LogP contribution >= 0.6 is 0 Å². The first kappa shape index (κ1) is 16.5. The van der Waals surface area contributed by atoms with Gasteiger partial charge in [-0.25, -0.2) is 0 Å². The summed E-state index contributed by atoms with van der Waals surface area (Å²) in [5.41, 5.74) is 5.39. The van der Waals surface area contributed by atoms with Gasteiger partial charge in [-0.05, 0) is 50.3 Å². The third-order valence-electron chi connectivity index (χ3n) is 4.94. The van der Waals surface area contributed by atoms with Crippen LogP contribution in [0.2, 0.25) is 0 Å². The smallest absolute Gasteiger partial charge is 0.270 e. The highest BCUT2D eigenvalue weighted by molar-refractivity contribution is 6.04. The van der Waals surface area contributed by atoms with Gasteiger partial charge in [0.05, 0.1) is 0 Å². The van der Waals surface area contributed by atoms with E-state index in [0.29, 0.717) is 25.2 Å². The fraction of sp³-hybridized carbons (Fsp3) is 0.400. The van der Waals surface area contributed by atoms with Crippen molar-refractivity contribution in [3.8, 4) is 0 Å². The zero-order valence-corrected chi connectivity index (χ0v) is 14.6. The lowest BCUT2D eigenvalue weighted by atomic mass is 9.93. The van der Waals surface area contributed by atoms with Crippen LogP contribution in [0.15, 0.2) is 24.3 Å². The van der Waals surface area contributed by atoms with Gasteiger partial charge in [-0.15, -0.1) is 0 Å². The van der Waals surface area contributed by atoms with Crippen LogP contribution in [-0.4, -0.2) is 28.1 Å². The van der Waals surface area contributed by atoms with E-state index in [9.17, 15) is 9.59 Å². The van der Waals surface area contributed by atoms with Crippen molar-refractivity contribution < 1.29 is 9.59 Å². The van der Waals surface area contributed by atoms with Crippen molar-refractivity contribution in [2.24, 2.45) is 0 Å². The lowest BCUT2D eigenvalue weighted by molar-refractivity contribution is 0.0746. The molecule has 126 valence electrons. The Morgan fingerprint density at radius 2 is 1.96 bits per heavy atom. The summed E-state index contributed by atoms with van der Waals surface area (Å²) in [6, 6.07) is 8.12. The van der Waals surface area contributed by atoms with E-state index < -0.39 is 0 Å². The number of Topliss-reactive ketones (excluding diaryl/α,β-unsaturated/α-hetero) is 1. The molecule has 3 rings (SSSR count). The molecule has 1 aromatic heterocycles. The molecule has 4 heteroatoms. The van der Waals surface area contributed by atoms with Crippen molar-refractivity contribution in [3.05, 3.63) is 57.9 Å². The molecule has 2 aromatic rings. The first-order valence-electron chi connectivity index (χ1n) is 8.61. The van der Waals surface area contributed by atoms with Gasteiger partial charge < -0.3 is 9.88 Å². The summed E-state index contributed by atoms with van der Waals surface area (Å²) in [6.07, 6.45) is 2.29. The molecule has 1 aliphatic carbocycles. The van der Waals surface area contributed by atoms with Crippen LogP contribution in [0.1, 0.15) is 63.0 Å². The highest BCUT2D eigenvalue weighted by Crippen LogP contribution is 2.27. The normalized spacial score (nSPS) is 13.7. The second-order valence-electron chi connectivity index (χ2n) is 6.50. The summed E-state index contributed by atoms with van der Waals surface area (Å²) in [7, 11) is 0. The number of H-pyrrole nitrogens is 1. The summed E-state index contributed by atoms with van der Waals surface area (Å²) < 4.78 is 0. The van der Waals surface area contributed by atoms with Crippen LogP contribution in [0.5, 0.6) is 0 Å². The zero-order valence-electron chi connectivity index (χ0n) is 14.6. The van der Waals surface area contributed by atoms with Crippen LogP contribution in [0.25, 0.3) is 0 Å². The molecule has 0 unspecified atom stereocenters. The lowest BCUT2D eigenvalue weighted by Gasteiger charge is -2.22. The Labute approximate surface area is 142 Å². The number of rotatable bonds is 4. The highest BCUT2D eigenvalue weighted by Gasteiger charge is 2.28. The van der Waals surface area contributed by atoms with Crippen molar-refractivity contribution in [1.82, 2.24) is 9.88 Å². The Morgan fingerprint density at radius 1 is 1.21 bits per heavy atom. The Bertz CT molecular complexity index is 789. The molecule has 1 N–H and O–H groups in total. The number of hydrogen-bond donors (Lipinski definition) is 1. The van der Waals surface area contributed by atoms with Gasteiger partial charge in [0.1, 0.15) is 5.69 Å². The van der Waals surface area contributed by atoms with Gasteiger partial charge in [0.2, 0.25) is 0 Å². The fourth-order valence-electron chi connectivity index (χ4n) is 3.47. The predicted molar refractivity (Wildman–Crippen MR) is 94.4 cm³/mol. The van der Waals surface area contributed by atoms with Gasteiger partial charge in [-0.1, -0.05) is 24.3 Å². The van der Waals surface area contributed by atoms with Gasteiger partial charge in [-0.2, -0.15) is 0 Å². The molecular weight excluding hydrogens is 300 g/mol. The first-order chi connectivity index (χ1) is 11.5. The largest absolute Gasteiger partial charge is 0.354 e. The maximum Gasteiger partial charge on any atom is 0.270 e. The van der Waals surface area contributed by atoms with Crippen LogP contribution < -0.4 is 0 Å². The van der Waals surface area contributed by atoms with Crippen molar-refractivity contribution in [3.63, 3.8) is 0 Å². The van der Waals surface area contributed by atoms with Crippen molar-refractivity contribution >= 4 is 11.7 Å². The minimum atomic E-state index is -0.0274. The van der Waals surface area contributed by atoms with E-state index >= 15 is 0 Å². The molecule has 0 saturated heterocycles. The topological polar surface area (TPSA) is 53.2 Å². The minimum Gasteiger partial charge on any atom is -0.354 e. The van der Waals surface area contributed by atoms with Crippen molar-refractivity contribution in [2.45, 2.75) is 46.6 Å². The van der Waals surface area contributed by atoms with E-state index in [0.717, 1.165) is 35.2 Å². The quantitative estimate of drug-likeness (QED) is 0.929. The number of nitrogens with zero attached hydrogens (tertiary/aromatic N) is 1. The monoisotopic (exact) mass is 324 g/mol. The number of aromatic nitrogens is 1. The number of fused-ring (bicyclic) bond motifs is 1. The molecule has 0 fully saturated rings. The van der Waals surface area contributed by atoms with Crippen molar-refractivity contribution in [2.75, 3.05) is 6.54 Å². The maximum atomic E-state index is 13.0. The Balaban J connectivity index is 1.90. The molecular formula is C20H24N2O2. The second kappa shape index (κ2) is 6.63. The molecule has 0 saturated carbocycles. The number of carbonyl (C=O) groups is 2. The Hall–Kier alpha value is -2.36. The fourth-order valence-corrected chi connectivity index (χ4v) is 3.47. The standard InChI is InChI=1S/C20H24N2O2/c1-4-22(12-15-9-6-5-8-13(15)2)20(24)19-14(3)18-16(21-19)10-7-11-17(18)23/h5-6,8-9,21H,4,7,10-12H2,1-3H3. The Kier molecular flexibility index (Phi) is 4.56. The van der Waals surface area contributed by atoms with E-state index in [1.165, 1.54) is 5.56 Å². The number of benzene rings is 1. The van der Waals surface area contributed by atoms with Crippen LogP contribution in [-0.2, 0) is 13.0 Å². The van der Waals surface area contributed by atoms with Gasteiger partial charge in [0, 0.05) is 30.8 Å². The first-order valence-corrected chi connectivity index (χ1v) is 8.61. The zero-order chi connectivity index (χ0) is 17.3.